The van der Waals surface area contributed by atoms with Crippen molar-refractivity contribution in [3.05, 3.63) is 47.0 Å². The molecule has 0 atom stereocenters. The zero-order valence-electron chi connectivity index (χ0n) is 14.3. The molecule has 0 aliphatic heterocycles. The number of hydrogen-bond acceptors (Lipinski definition) is 5. The second kappa shape index (κ2) is 7.59. The minimum Gasteiger partial charge on any atom is -0.493 e. The Bertz CT molecular complexity index is 727. The van der Waals surface area contributed by atoms with E-state index in [1.165, 1.54) is 26.9 Å². The van der Waals surface area contributed by atoms with Gasteiger partial charge in [0.15, 0.2) is 11.5 Å². The molecule has 0 aromatic heterocycles. The van der Waals surface area contributed by atoms with E-state index in [1.807, 2.05) is 31.2 Å². The number of carbonyl (C=O) groups excluding carboxylic acids is 1. The molecule has 0 bridgehead atoms. The van der Waals surface area contributed by atoms with Crippen LogP contribution in [0.1, 0.15) is 21.5 Å². The monoisotopic (exact) mass is 330 g/mol. The fourth-order valence-electron chi connectivity index (χ4n) is 2.35. The number of methoxy groups -OCH3 is 3. The average Bonchev–Trinajstić information content (AvgIpc) is 2.60. The van der Waals surface area contributed by atoms with Crippen LogP contribution in [0.25, 0.3) is 0 Å². The first-order chi connectivity index (χ1) is 11.5. The van der Waals surface area contributed by atoms with E-state index in [0.29, 0.717) is 18.0 Å². The topological polar surface area (TPSA) is 82.8 Å². The summed E-state index contributed by atoms with van der Waals surface area (Å²) in [5.74, 6) is 0.696. The number of hydrogen-bond donors (Lipinski definition) is 2. The molecule has 2 rings (SSSR count). The summed E-state index contributed by atoms with van der Waals surface area (Å²) in [6, 6.07) is 9.47. The second-order valence-corrected chi connectivity index (χ2v) is 5.27. The van der Waals surface area contributed by atoms with E-state index in [0.717, 1.165) is 5.56 Å². The zero-order valence-corrected chi connectivity index (χ0v) is 14.3. The van der Waals surface area contributed by atoms with Gasteiger partial charge in [0.2, 0.25) is 5.75 Å². The maximum Gasteiger partial charge on any atom is 0.253 e. The molecular weight excluding hydrogens is 308 g/mol. The van der Waals surface area contributed by atoms with E-state index < -0.39 is 0 Å². The first-order valence-corrected chi connectivity index (χ1v) is 7.44. The van der Waals surface area contributed by atoms with Crippen molar-refractivity contribution < 1.29 is 19.0 Å². The highest BCUT2D eigenvalue weighted by Crippen LogP contribution is 2.43. The van der Waals surface area contributed by atoms with E-state index in [4.69, 9.17) is 19.9 Å². The van der Waals surface area contributed by atoms with Crippen molar-refractivity contribution in [1.82, 2.24) is 5.32 Å². The van der Waals surface area contributed by atoms with Gasteiger partial charge in [-0.1, -0.05) is 29.8 Å². The summed E-state index contributed by atoms with van der Waals surface area (Å²) in [5.41, 5.74) is 8.71. The number of carbonyl (C=O) groups is 1. The van der Waals surface area contributed by atoms with Gasteiger partial charge in [0.1, 0.15) is 0 Å². The third-order valence-electron chi connectivity index (χ3n) is 3.69. The fraction of sp³-hybridized carbons (Fsp3) is 0.278. The van der Waals surface area contributed by atoms with Crippen molar-refractivity contribution in [2.24, 2.45) is 0 Å². The summed E-state index contributed by atoms with van der Waals surface area (Å²) in [5, 5.41) is 2.84. The number of nitrogens with two attached hydrogens (primary N) is 1. The lowest BCUT2D eigenvalue weighted by Crippen LogP contribution is -2.24. The van der Waals surface area contributed by atoms with Crippen molar-refractivity contribution in [3.63, 3.8) is 0 Å². The quantitative estimate of drug-likeness (QED) is 0.795. The number of benzene rings is 2. The molecule has 0 unspecified atom stereocenters. The van der Waals surface area contributed by atoms with Gasteiger partial charge in [-0.2, -0.15) is 0 Å². The van der Waals surface area contributed by atoms with Crippen LogP contribution in [0.15, 0.2) is 30.3 Å². The minimum absolute atomic E-state index is 0.205. The van der Waals surface area contributed by atoms with E-state index in [1.54, 1.807) is 6.07 Å². The molecule has 1 amide bonds. The van der Waals surface area contributed by atoms with Crippen molar-refractivity contribution in [2.45, 2.75) is 13.5 Å². The number of amides is 1. The van der Waals surface area contributed by atoms with Crippen molar-refractivity contribution in [1.29, 1.82) is 0 Å². The first kappa shape index (κ1) is 17.5. The highest BCUT2D eigenvalue weighted by molar-refractivity contribution is 6.01. The van der Waals surface area contributed by atoms with Gasteiger partial charge in [0.05, 0.1) is 32.6 Å². The second-order valence-electron chi connectivity index (χ2n) is 5.27. The van der Waals surface area contributed by atoms with Gasteiger partial charge >= 0.3 is 0 Å². The number of aryl methyl sites for hydroxylation is 1. The van der Waals surface area contributed by atoms with Gasteiger partial charge in [-0.05, 0) is 18.6 Å². The molecule has 0 aliphatic rings. The molecule has 0 aliphatic carbocycles. The summed E-state index contributed by atoms with van der Waals surface area (Å²) in [7, 11) is 4.43. The number of ether oxygens (including phenoxy) is 3. The molecule has 0 saturated carbocycles. The van der Waals surface area contributed by atoms with Crippen LogP contribution in [0.5, 0.6) is 17.2 Å². The van der Waals surface area contributed by atoms with E-state index in [9.17, 15) is 4.79 Å². The predicted molar refractivity (Wildman–Crippen MR) is 92.9 cm³/mol. The van der Waals surface area contributed by atoms with Crippen molar-refractivity contribution in [3.8, 4) is 17.2 Å². The predicted octanol–water partition coefficient (Wildman–Crippen LogP) is 2.53. The highest BCUT2D eigenvalue weighted by Gasteiger charge is 2.22. The standard InChI is InChI=1S/C18H22N2O4/c1-11-5-7-12(8-6-11)10-20-18(21)13-9-14(22-2)16(23-3)17(24-4)15(13)19/h5-9H,10,19H2,1-4H3,(H,20,21). The number of nitrogens with one attached hydrogen (secondary N) is 1. The largest absolute Gasteiger partial charge is 0.493 e. The molecule has 128 valence electrons. The third-order valence-corrected chi connectivity index (χ3v) is 3.69. The van der Waals surface area contributed by atoms with E-state index in [-0.39, 0.29) is 22.9 Å². The summed E-state index contributed by atoms with van der Waals surface area (Å²) in [6.07, 6.45) is 0. The number of nitrogen functional groups attached to an aromatic ring is 1. The molecule has 0 heterocycles. The first-order valence-electron chi connectivity index (χ1n) is 7.44. The Balaban J connectivity index is 2.26. The normalized spacial score (nSPS) is 10.2. The molecule has 0 saturated heterocycles. The molecule has 2 aromatic carbocycles. The van der Waals surface area contributed by atoms with Crippen LogP contribution in [0.4, 0.5) is 5.69 Å². The van der Waals surface area contributed by atoms with E-state index >= 15 is 0 Å². The third kappa shape index (κ3) is 3.53. The Morgan fingerprint density at radius 1 is 1.04 bits per heavy atom. The SMILES string of the molecule is COc1cc(C(=O)NCc2ccc(C)cc2)c(N)c(OC)c1OC. The Morgan fingerprint density at radius 3 is 2.21 bits per heavy atom. The molecule has 6 nitrogen and oxygen atoms in total. The van der Waals surface area contributed by atoms with Gasteiger partial charge < -0.3 is 25.3 Å². The van der Waals surface area contributed by atoms with Gasteiger partial charge in [0.25, 0.3) is 5.91 Å². The molecule has 2 aromatic rings. The van der Waals surface area contributed by atoms with Gasteiger partial charge in [-0.3, -0.25) is 4.79 Å². The molecule has 24 heavy (non-hydrogen) atoms. The fourth-order valence-corrected chi connectivity index (χ4v) is 2.35. The highest BCUT2D eigenvalue weighted by atomic mass is 16.5. The van der Waals surface area contributed by atoms with Crippen molar-refractivity contribution >= 4 is 11.6 Å². The Labute approximate surface area is 141 Å². The smallest absolute Gasteiger partial charge is 0.253 e. The summed E-state index contributed by atoms with van der Waals surface area (Å²) in [4.78, 5) is 12.5. The number of rotatable bonds is 6. The Kier molecular flexibility index (Phi) is 5.52. The van der Waals surface area contributed by atoms with Gasteiger partial charge in [-0.15, -0.1) is 0 Å². The molecular formula is C18H22N2O4. The molecule has 0 fully saturated rings. The summed E-state index contributed by atoms with van der Waals surface area (Å²) < 4.78 is 15.8. The Hall–Kier alpha value is -2.89. The number of anilines is 1. The van der Waals surface area contributed by atoms with Crippen LogP contribution < -0.4 is 25.3 Å². The zero-order chi connectivity index (χ0) is 17.7. The molecule has 0 spiro atoms. The Morgan fingerprint density at radius 2 is 1.67 bits per heavy atom. The summed E-state index contributed by atoms with van der Waals surface area (Å²) in [6.45, 7) is 2.41. The molecule has 3 N–H and O–H groups in total. The van der Waals surface area contributed by atoms with Crippen LogP contribution >= 0.6 is 0 Å². The van der Waals surface area contributed by atoms with Crippen LogP contribution in [0.3, 0.4) is 0 Å². The lowest BCUT2D eigenvalue weighted by atomic mass is 10.1. The maximum atomic E-state index is 12.5. The van der Waals surface area contributed by atoms with Gasteiger partial charge in [-0.25, -0.2) is 0 Å². The minimum atomic E-state index is -0.313. The molecule has 0 radical (unpaired) electrons. The molecule has 6 heteroatoms. The lowest BCUT2D eigenvalue weighted by molar-refractivity contribution is 0.0951. The van der Waals surface area contributed by atoms with Gasteiger partial charge in [0, 0.05) is 6.54 Å². The van der Waals surface area contributed by atoms with Crippen LogP contribution in [0.2, 0.25) is 0 Å². The van der Waals surface area contributed by atoms with Crippen molar-refractivity contribution in [2.75, 3.05) is 27.1 Å². The lowest BCUT2D eigenvalue weighted by Gasteiger charge is -2.17. The summed E-state index contributed by atoms with van der Waals surface area (Å²) >= 11 is 0. The maximum absolute atomic E-state index is 12.5. The van der Waals surface area contributed by atoms with Crippen LogP contribution in [-0.4, -0.2) is 27.2 Å². The van der Waals surface area contributed by atoms with Crippen LogP contribution in [-0.2, 0) is 6.54 Å². The average molecular weight is 330 g/mol. The van der Waals surface area contributed by atoms with Crippen LogP contribution in [0, 0.1) is 6.92 Å². The van der Waals surface area contributed by atoms with E-state index in [2.05, 4.69) is 5.32 Å².